The molecule has 1 saturated carbocycles. The lowest BCUT2D eigenvalue weighted by Crippen LogP contribution is -2.43. The number of guanidine groups is 1. The zero-order valence-electron chi connectivity index (χ0n) is 15.8. The lowest BCUT2D eigenvalue weighted by atomic mass is 10.2. The molecule has 0 aromatic heterocycles. The zero-order valence-corrected chi connectivity index (χ0v) is 15.8. The number of nitrogens with zero attached hydrogens (tertiary/aromatic N) is 3. The summed E-state index contributed by atoms with van der Waals surface area (Å²) in [7, 11) is 7.18. The number of rotatable bonds is 6. The molecule has 1 fully saturated rings. The molecule has 0 heterocycles. The van der Waals surface area contributed by atoms with Crippen LogP contribution < -0.4 is 10.1 Å². The third-order valence-electron chi connectivity index (χ3n) is 4.49. The van der Waals surface area contributed by atoms with Crippen molar-refractivity contribution in [2.24, 2.45) is 4.99 Å². The predicted molar refractivity (Wildman–Crippen MR) is 101 cm³/mol. The fourth-order valence-corrected chi connectivity index (χ4v) is 2.89. The maximum atomic E-state index is 11.9. The topological polar surface area (TPSA) is 57.2 Å². The maximum Gasteiger partial charge on any atom is 0.243 e. The second kappa shape index (κ2) is 9.30. The van der Waals surface area contributed by atoms with Gasteiger partial charge in [-0.2, -0.15) is 0 Å². The molecule has 6 nitrogen and oxygen atoms in total. The molecule has 1 aromatic rings. The van der Waals surface area contributed by atoms with E-state index in [4.69, 9.17) is 4.74 Å². The molecule has 0 spiro atoms. The van der Waals surface area contributed by atoms with Gasteiger partial charge in [-0.25, -0.2) is 4.99 Å². The maximum absolute atomic E-state index is 11.9. The summed E-state index contributed by atoms with van der Waals surface area (Å²) in [6.07, 6.45) is 4.83. The Hall–Kier alpha value is -2.24. The first kappa shape index (κ1) is 19.1. The highest BCUT2D eigenvalue weighted by Crippen LogP contribution is 2.18. The van der Waals surface area contributed by atoms with E-state index >= 15 is 0 Å². The highest BCUT2D eigenvalue weighted by atomic mass is 16.5. The molecular weight excluding hydrogens is 316 g/mol. The summed E-state index contributed by atoms with van der Waals surface area (Å²) in [6, 6.07) is 8.47. The van der Waals surface area contributed by atoms with E-state index in [1.165, 1.54) is 18.4 Å². The molecule has 25 heavy (non-hydrogen) atoms. The fraction of sp³-hybridized carbons (Fsp3) is 0.579. The second-order valence-corrected chi connectivity index (χ2v) is 6.76. The van der Waals surface area contributed by atoms with Gasteiger partial charge in [-0.05, 0) is 30.5 Å². The number of carbonyl (C=O) groups excluding carboxylic acids is 1. The van der Waals surface area contributed by atoms with Crippen LogP contribution in [0, 0.1) is 0 Å². The Balaban J connectivity index is 2.05. The van der Waals surface area contributed by atoms with Crippen molar-refractivity contribution < 1.29 is 9.53 Å². The number of carbonyl (C=O) groups is 1. The third-order valence-corrected chi connectivity index (χ3v) is 4.49. The summed E-state index contributed by atoms with van der Waals surface area (Å²) in [4.78, 5) is 20.1. The molecule has 6 heteroatoms. The number of ether oxygens (including phenoxy) is 1. The Labute approximate surface area is 150 Å². The largest absolute Gasteiger partial charge is 0.497 e. The minimum absolute atomic E-state index is 0.00331. The quantitative estimate of drug-likeness (QED) is 0.633. The number of amides is 1. The molecular formula is C19H30N4O2. The normalized spacial score (nSPS) is 15.1. The number of hydrogen-bond donors (Lipinski definition) is 1. The van der Waals surface area contributed by atoms with Gasteiger partial charge in [-0.1, -0.05) is 25.0 Å². The van der Waals surface area contributed by atoms with Crippen molar-refractivity contribution in [2.45, 2.75) is 38.3 Å². The highest BCUT2D eigenvalue weighted by Gasteiger charge is 2.18. The van der Waals surface area contributed by atoms with E-state index in [0.717, 1.165) is 31.1 Å². The lowest BCUT2D eigenvalue weighted by molar-refractivity contribution is -0.127. The summed E-state index contributed by atoms with van der Waals surface area (Å²) in [5.74, 6) is 1.64. The van der Waals surface area contributed by atoms with Crippen LogP contribution >= 0.6 is 0 Å². The van der Waals surface area contributed by atoms with Crippen molar-refractivity contribution in [3.05, 3.63) is 29.8 Å². The summed E-state index contributed by atoms with van der Waals surface area (Å²) < 4.78 is 5.21. The SMILES string of the molecule is COc1ccc(CN(C)C(=NCC(=O)N(C)C)NC2CCCC2)cc1. The van der Waals surface area contributed by atoms with Gasteiger partial charge in [-0.3, -0.25) is 4.79 Å². The molecule has 0 saturated heterocycles. The van der Waals surface area contributed by atoms with E-state index in [9.17, 15) is 4.79 Å². The Bertz CT molecular complexity index is 578. The van der Waals surface area contributed by atoms with Crippen LogP contribution in [-0.4, -0.2) is 62.5 Å². The van der Waals surface area contributed by atoms with E-state index in [-0.39, 0.29) is 12.5 Å². The van der Waals surface area contributed by atoms with Gasteiger partial charge < -0.3 is 19.9 Å². The van der Waals surface area contributed by atoms with Crippen molar-refractivity contribution in [2.75, 3.05) is 34.8 Å². The Kier molecular flexibility index (Phi) is 7.10. The number of aliphatic imine (C=N–C) groups is 1. The van der Waals surface area contributed by atoms with Gasteiger partial charge in [-0.15, -0.1) is 0 Å². The van der Waals surface area contributed by atoms with Crippen LogP contribution in [0.1, 0.15) is 31.2 Å². The van der Waals surface area contributed by atoms with Gasteiger partial charge in [0, 0.05) is 33.7 Å². The van der Waals surface area contributed by atoms with Gasteiger partial charge in [0.05, 0.1) is 7.11 Å². The Morgan fingerprint density at radius 1 is 1.20 bits per heavy atom. The van der Waals surface area contributed by atoms with Crippen LogP contribution in [0.4, 0.5) is 0 Å². The van der Waals surface area contributed by atoms with Crippen molar-refractivity contribution >= 4 is 11.9 Å². The molecule has 1 N–H and O–H groups in total. The monoisotopic (exact) mass is 346 g/mol. The van der Waals surface area contributed by atoms with Crippen molar-refractivity contribution in [3.8, 4) is 5.75 Å². The molecule has 138 valence electrons. The average molecular weight is 346 g/mol. The number of likely N-dealkylation sites (N-methyl/N-ethyl adjacent to an activating group) is 1. The Morgan fingerprint density at radius 2 is 1.84 bits per heavy atom. The van der Waals surface area contributed by atoms with Crippen molar-refractivity contribution in [1.29, 1.82) is 0 Å². The summed E-state index contributed by atoms with van der Waals surface area (Å²) in [6.45, 7) is 0.883. The number of benzene rings is 1. The van der Waals surface area contributed by atoms with E-state index in [1.807, 2.05) is 31.3 Å². The van der Waals surface area contributed by atoms with Crippen LogP contribution in [0.3, 0.4) is 0 Å². The van der Waals surface area contributed by atoms with Crippen LogP contribution in [0.25, 0.3) is 0 Å². The van der Waals surface area contributed by atoms with E-state index in [1.54, 1.807) is 26.1 Å². The first-order chi connectivity index (χ1) is 12.0. The van der Waals surface area contributed by atoms with E-state index < -0.39 is 0 Å². The summed E-state index contributed by atoms with van der Waals surface area (Å²) in [5, 5.41) is 3.53. The van der Waals surface area contributed by atoms with Crippen LogP contribution in [0.5, 0.6) is 5.75 Å². The third kappa shape index (κ3) is 5.96. The first-order valence-electron chi connectivity index (χ1n) is 8.85. The molecule has 2 rings (SSSR count). The Morgan fingerprint density at radius 3 is 2.40 bits per heavy atom. The van der Waals surface area contributed by atoms with Gasteiger partial charge in [0.1, 0.15) is 12.3 Å². The fourth-order valence-electron chi connectivity index (χ4n) is 2.89. The summed E-state index contributed by atoms with van der Waals surface area (Å²) in [5.41, 5.74) is 1.17. The van der Waals surface area contributed by atoms with Gasteiger partial charge >= 0.3 is 0 Å². The predicted octanol–water partition coefficient (Wildman–Crippen LogP) is 2.10. The molecule has 0 unspecified atom stereocenters. The average Bonchev–Trinajstić information content (AvgIpc) is 3.11. The molecule has 0 bridgehead atoms. The molecule has 1 aliphatic rings. The molecule has 0 aliphatic heterocycles. The second-order valence-electron chi connectivity index (χ2n) is 6.76. The molecule has 1 amide bonds. The molecule has 1 aromatic carbocycles. The first-order valence-corrected chi connectivity index (χ1v) is 8.85. The minimum Gasteiger partial charge on any atom is -0.497 e. The zero-order chi connectivity index (χ0) is 18.2. The highest BCUT2D eigenvalue weighted by molar-refractivity contribution is 5.84. The number of methoxy groups -OCH3 is 1. The van der Waals surface area contributed by atoms with Crippen molar-refractivity contribution in [3.63, 3.8) is 0 Å². The van der Waals surface area contributed by atoms with Crippen LogP contribution in [0.15, 0.2) is 29.3 Å². The number of hydrogen-bond acceptors (Lipinski definition) is 3. The van der Waals surface area contributed by atoms with Crippen LogP contribution in [-0.2, 0) is 11.3 Å². The molecule has 0 atom stereocenters. The van der Waals surface area contributed by atoms with E-state index in [2.05, 4.69) is 15.2 Å². The lowest BCUT2D eigenvalue weighted by Gasteiger charge is -2.25. The smallest absolute Gasteiger partial charge is 0.243 e. The van der Waals surface area contributed by atoms with Gasteiger partial charge in [0.15, 0.2) is 5.96 Å². The van der Waals surface area contributed by atoms with E-state index in [0.29, 0.717) is 6.04 Å². The van der Waals surface area contributed by atoms with Gasteiger partial charge in [0.2, 0.25) is 5.91 Å². The molecule has 0 radical (unpaired) electrons. The molecule has 1 aliphatic carbocycles. The summed E-state index contributed by atoms with van der Waals surface area (Å²) >= 11 is 0. The van der Waals surface area contributed by atoms with Gasteiger partial charge in [0.25, 0.3) is 0 Å². The standard InChI is InChI=1S/C19H30N4O2/c1-22(2)18(24)13-20-19(21-16-7-5-6-8-16)23(3)14-15-9-11-17(25-4)12-10-15/h9-12,16H,5-8,13-14H2,1-4H3,(H,20,21). The number of nitrogens with one attached hydrogen (secondary N) is 1. The van der Waals surface area contributed by atoms with Crippen LogP contribution in [0.2, 0.25) is 0 Å². The van der Waals surface area contributed by atoms with Crippen molar-refractivity contribution in [1.82, 2.24) is 15.1 Å². The minimum atomic E-state index is 0.00331.